The lowest BCUT2D eigenvalue weighted by molar-refractivity contribution is -0.134. The van der Waals surface area contributed by atoms with E-state index in [-0.39, 0.29) is 17.5 Å². The van der Waals surface area contributed by atoms with Gasteiger partial charge < -0.3 is 9.64 Å². The number of carbonyl (C=O) groups is 1. The highest BCUT2D eigenvalue weighted by Crippen LogP contribution is 2.25. The SMILES string of the molecule is CCCCCCCCC(=O)N(CC)C(CC)c1nc2ccccc2c(=O)n1CCOC. The Balaban J connectivity index is 2.29. The Kier molecular flexibility index (Phi) is 10.7. The van der Waals surface area contributed by atoms with Crippen molar-refractivity contribution in [3.05, 3.63) is 40.4 Å². The lowest BCUT2D eigenvalue weighted by Gasteiger charge is -2.31. The molecule has 0 aliphatic rings. The van der Waals surface area contributed by atoms with Gasteiger partial charge >= 0.3 is 0 Å². The van der Waals surface area contributed by atoms with Crippen molar-refractivity contribution in [1.29, 1.82) is 0 Å². The van der Waals surface area contributed by atoms with Crippen molar-refractivity contribution >= 4 is 16.8 Å². The zero-order valence-electron chi connectivity index (χ0n) is 19.7. The van der Waals surface area contributed by atoms with Crippen LogP contribution in [0, 0.1) is 0 Å². The fourth-order valence-corrected chi connectivity index (χ4v) is 4.15. The molecule has 2 rings (SSSR count). The first-order chi connectivity index (χ1) is 15.1. The number of unbranched alkanes of at least 4 members (excludes halogenated alkanes) is 5. The van der Waals surface area contributed by atoms with E-state index < -0.39 is 0 Å². The van der Waals surface area contributed by atoms with Crippen LogP contribution in [0.5, 0.6) is 0 Å². The molecular formula is C25H39N3O3. The van der Waals surface area contributed by atoms with Crippen LogP contribution in [0.4, 0.5) is 0 Å². The van der Waals surface area contributed by atoms with E-state index in [9.17, 15) is 9.59 Å². The summed E-state index contributed by atoms with van der Waals surface area (Å²) in [6.45, 7) is 7.69. The van der Waals surface area contributed by atoms with Crippen LogP contribution < -0.4 is 5.56 Å². The van der Waals surface area contributed by atoms with Gasteiger partial charge in [-0.2, -0.15) is 0 Å². The molecule has 172 valence electrons. The van der Waals surface area contributed by atoms with Gasteiger partial charge in [0.05, 0.1) is 30.1 Å². The second-order valence-corrected chi connectivity index (χ2v) is 8.06. The van der Waals surface area contributed by atoms with E-state index in [1.54, 1.807) is 17.7 Å². The Hall–Kier alpha value is -2.21. The van der Waals surface area contributed by atoms with Gasteiger partial charge in [0, 0.05) is 20.1 Å². The quantitative estimate of drug-likeness (QED) is 0.392. The zero-order valence-corrected chi connectivity index (χ0v) is 19.7. The molecular weight excluding hydrogens is 390 g/mol. The summed E-state index contributed by atoms with van der Waals surface area (Å²) in [7, 11) is 1.62. The van der Waals surface area contributed by atoms with E-state index in [2.05, 4.69) is 6.92 Å². The van der Waals surface area contributed by atoms with Crippen molar-refractivity contribution in [2.45, 2.75) is 84.7 Å². The van der Waals surface area contributed by atoms with Crippen LogP contribution in [0.3, 0.4) is 0 Å². The van der Waals surface area contributed by atoms with Crippen molar-refractivity contribution < 1.29 is 9.53 Å². The number of benzene rings is 1. The number of carbonyl (C=O) groups excluding carboxylic acids is 1. The van der Waals surface area contributed by atoms with Gasteiger partial charge in [-0.3, -0.25) is 14.2 Å². The summed E-state index contributed by atoms with van der Waals surface area (Å²) in [6.07, 6.45) is 8.17. The summed E-state index contributed by atoms with van der Waals surface area (Å²) in [5.74, 6) is 0.798. The van der Waals surface area contributed by atoms with Crippen LogP contribution in [0.2, 0.25) is 0 Å². The third kappa shape index (κ3) is 6.63. The molecule has 1 aromatic carbocycles. The lowest BCUT2D eigenvalue weighted by Crippen LogP contribution is -2.39. The van der Waals surface area contributed by atoms with E-state index in [1.807, 2.05) is 36.9 Å². The molecule has 0 N–H and O–H groups in total. The monoisotopic (exact) mass is 429 g/mol. The summed E-state index contributed by atoms with van der Waals surface area (Å²) in [5, 5.41) is 0.596. The predicted molar refractivity (Wildman–Crippen MR) is 126 cm³/mol. The minimum absolute atomic E-state index is 0.0736. The van der Waals surface area contributed by atoms with Crippen LogP contribution in [0.25, 0.3) is 10.9 Å². The highest BCUT2D eigenvalue weighted by Gasteiger charge is 2.27. The fourth-order valence-electron chi connectivity index (χ4n) is 4.15. The van der Waals surface area contributed by atoms with Gasteiger partial charge in [-0.05, 0) is 31.9 Å². The van der Waals surface area contributed by atoms with Crippen molar-refractivity contribution in [2.75, 3.05) is 20.3 Å². The molecule has 6 heteroatoms. The molecule has 0 radical (unpaired) electrons. The van der Waals surface area contributed by atoms with Gasteiger partial charge in [0.1, 0.15) is 5.82 Å². The summed E-state index contributed by atoms with van der Waals surface area (Å²) >= 11 is 0. The van der Waals surface area contributed by atoms with Crippen molar-refractivity contribution in [3.63, 3.8) is 0 Å². The van der Waals surface area contributed by atoms with Crippen LogP contribution >= 0.6 is 0 Å². The van der Waals surface area contributed by atoms with Gasteiger partial charge in [0.15, 0.2) is 0 Å². The number of ether oxygens (including phenoxy) is 1. The molecule has 0 saturated heterocycles. The molecule has 0 bridgehead atoms. The van der Waals surface area contributed by atoms with E-state index in [0.29, 0.717) is 49.3 Å². The van der Waals surface area contributed by atoms with Gasteiger partial charge in [0.2, 0.25) is 5.91 Å². The third-order valence-electron chi connectivity index (χ3n) is 5.88. The highest BCUT2D eigenvalue weighted by molar-refractivity contribution is 5.78. The number of methoxy groups -OCH3 is 1. The molecule has 6 nitrogen and oxygen atoms in total. The van der Waals surface area contributed by atoms with E-state index in [4.69, 9.17) is 9.72 Å². The van der Waals surface area contributed by atoms with E-state index >= 15 is 0 Å². The molecule has 0 aliphatic carbocycles. The van der Waals surface area contributed by atoms with Crippen LogP contribution in [-0.4, -0.2) is 40.6 Å². The number of hydrogen-bond acceptors (Lipinski definition) is 4. The topological polar surface area (TPSA) is 64.4 Å². The molecule has 1 heterocycles. The molecule has 1 atom stereocenters. The number of aromatic nitrogens is 2. The number of fused-ring (bicyclic) bond motifs is 1. The Morgan fingerprint density at radius 2 is 1.81 bits per heavy atom. The van der Waals surface area contributed by atoms with Crippen molar-refractivity contribution in [1.82, 2.24) is 14.5 Å². The third-order valence-corrected chi connectivity index (χ3v) is 5.88. The molecule has 1 amide bonds. The molecule has 0 aliphatic heterocycles. The van der Waals surface area contributed by atoms with Gasteiger partial charge in [-0.25, -0.2) is 4.98 Å². The number of rotatable bonds is 14. The summed E-state index contributed by atoms with van der Waals surface area (Å²) < 4.78 is 6.94. The Labute approximate surface area is 186 Å². The summed E-state index contributed by atoms with van der Waals surface area (Å²) in [6, 6.07) is 7.18. The molecule has 0 spiro atoms. The zero-order chi connectivity index (χ0) is 22.6. The second-order valence-electron chi connectivity index (χ2n) is 8.06. The number of nitrogens with zero attached hydrogens (tertiary/aromatic N) is 3. The minimum Gasteiger partial charge on any atom is -0.383 e. The van der Waals surface area contributed by atoms with Crippen molar-refractivity contribution in [3.8, 4) is 0 Å². The molecule has 1 aromatic heterocycles. The minimum atomic E-state index is -0.230. The number of hydrogen-bond donors (Lipinski definition) is 0. The van der Waals surface area contributed by atoms with Gasteiger partial charge in [-0.1, -0.05) is 58.1 Å². The highest BCUT2D eigenvalue weighted by atomic mass is 16.5. The molecule has 31 heavy (non-hydrogen) atoms. The summed E-state index contributed by atoms with van der Waals surface area (Å²) in [5.41, 5.74) is 0.601. The largest absolute Gasteiger partial charge is 0.383 e. The van der Waals surface area contributed by atoms with Crippen LogP contribution in [-0.2, 0) is 16.1 Å². The standard InChI is InChI=1S/C25H39N3O3/c1-5-8-9-10-11-12-17-23(29)27(7-3)22(6-2)24-26-21-16-14-13-15-20(21)25(30)28(24)18-19-31-4/h13-16,22H,5-12,17-19H2,1-4H3. The predicted octanol–water partition coefficient (Wildman–Crippen LogP) is 5.09. The lowest BCUT2D eigenvalue weighted by atomic mass is 10.1. The maximum Gasteiger partial charge on any atom is 0.261 e. The average molecular weight is 430 g/mol. The average Bonchev–Trinajstić information content (AvgIpc) is 2.79. The fraction of sp³-hybridized carbons (Fsp3) is 0.640. The smallest absolute Gasteiger partial charge is 0.261 e. The molecule has 1 unspecified atom stereocenters. The first-order valence-corrected chi connectivity index (χ1v) is 11.9. The van der Waals surface area contributed by atoms with Gasteiger partial charge in [-0.15, -0.1) is 0 Å². The van der Waals surface area contributed by atoms with Crippen LogP contribution in [0.1, 0.15) is 84.0 Å². The maximum absolute atomic E-state index is 13.2. The van der Waals surface area contributed by atoms with E-state index in [0.717, 1.165) is 12.8 Å². The number of para-hydroxylation sites is 1. The maximum atomic E-state index is 13.2. The Bertz CT molecular complexity index is 878. The van der Waals surface area contributed by atoms with Crippen molar-refractivity contribution in [2.24, 2.45) is 0 Å². The Morgan fingerprint density at radius 3 is 2.48 bits per heavy atom. The molecule has 2 aromatic rings. The number of amides is 1. The molecule has 0 fully saturated rings. The Morgan fingerprint density at radius 1 is 1.10 bits per heavy atom. The first kappa shape index (κ1) is 25.1. The summed E-state index contributed by atoms with van der Waals surface area (Å²) in [4.78, 5) is 33.1. The first-order valence-electron chi connectivity index (χ1n) is 11.9. The van der Waals surface area contributed by atoms with Gasteiger partial charge in [0.25, 0.3) is 5.56 Å². The van der Waals surface area contributed by atoms with Crippen LogP contribution in [0.15, 0.2) is 29.1 Å². The second kappa shape index (κ2) is 13.3. The van der Waals surface area contributed by atoms with E-state index in [1.165, 1.54) is 25.7 Å². The molecule has 0 saturated carbocycles. The normalized spacial score (nSPS) is 12.3.